The largest absolute Gasteiger partial charge is 0.349 e. The van der Waals surface area contributed by atoms with E-state index >= 15 is 0 Å². The van der Waals surface area contributed by atoms with Gasteiger partial charge in [-0.3, -0.25) is 14.0 Å². The molecule has 0 aromatic heterocycles. The first-order chi connectivity index (χ1) is 10.3. The molecule has 1 aliphatic heterocycles. The maximum atomic E-state index is 12.0. The summed E-state index contributed by atoms with van der Waals surface area (Å²) in [5, 5.41) is 0. The van der Waals surface area contributed by atoms with Crippen LogP contribution in [0.3, 0.4) is 0 Å². The first kappa shape index (κ1) is 16.8. The molecule has 6 nitrogen and oxygen atoms in total. The van der Waals surface area contributed by atoms with Crippen molar-refractivity contribution in [3.05, 3.63) is 29.8 Å². The molecule has 122 valence electrons. The molecular weight excluding hydrogens is 302 g/mol. The molecule has 0 aliphatic carbocycles. The van der Waals surface area contributed by atoms with Crippen LogP contribution in [0.2, 0.25) is 0 Å². The highest BCUT2D eigenvalue weighted by Crippen LogP contribution is 2.26. The molecule has 1 amide bonds. The van der Waals surface area contributed by atoms with Crippen LogP contribution in [0.5, 0.6) is 0 Å². The van der Waals surface area contributed by atoms with Crippen molar-refractivity contribution in [2.75, 3.05) is 44.3 Å². The summed E-state index contributed by atoms with van der Waals surface area (Å²) in [6, 6.07) is 7.54. The fourth-order valence-electron chi connectivity index (χ4n) is 2.57. The van der Waals surface area contributed by atoms with E-state index in [0.29, 0.717) is 32.6 Å². The van der Waals surface area contributed by atoms with Gasteiger partial charge in [0.2, 0.25) is 15.9 Å². The molecule has 0 saturated carbocycles. The summed E-state index contributed by atoms with van der Waals surface area (Å²) in [6.07, 6.45) is 1.67. The zero-order valence-corrected chi connectivity index (χ0v) is 14.1. The topological polar surface area (TPSA) is 60.9 Å². The minimum atomic E-state index is -3.30. The number of para-hydroxylation sites is 1. The molecule has 1 heterocycles. The number of sulfonamides is 1. The fourth-order valence-corrected chi connectivity index (χ4v) is 3.52. The Morgan fingerprint density at radius 2 is 1.91 bits per heavy atom. The first-order valence-corrected chi connectivity index (χ1v) is 9.12. The van der Waals surface area contributed by atoms with Gasteiger partial charge in [0.05, 0.1) is 11.9 Å². The Hall–Kier alpha value is -1.60. The minimum absolute atomic E-state index is 0.0810. The number of carbonyl (C=O) groups is 1. The highest BCUT2D eigenvalue weighted by Gasteiger charge is 2.25. The average Bonchev–Trinajstić information content (AvgIpc) is 2.63. The van der Waals surface area contributed by atoms with Crippen LogP contribution in [0, 0.1) is 0 Å². The molecule has 0 fully saturated rings. The van der Waals surface area contributed by atoms with Crippen LogP contribution in [0.25, 0.3) is 0 Å². The molecule has 0 unspecified atom stereocenters. The second-order valence-corrected chi connectivity index (χ2v) is 7.68. The van der Waals surface area contributed by atoms with Gasteiger partial charge in [0, 0.05) is 46.7 Å². The van der Waals surface area contributed by atoms with Crippen LogP contribution < -0.4 is 4.31 Å². The summed E-state index contributed by atoms with van der Waals surface area (Å²) in [5.41, 5.74) is 1.72. The van der Waals surface area contributed by atoms with Crippen LogP contribution in [-0.4, -0.2) is 64.1 Å². The third kappa shape index (κ3) is 3.98. The molecule has 0 radical (unpaired) electrons. The Balaban J connectivity index is 2.17. The van der Waals surface area contributed by atoms with Gasteiger partial charge in [-0.2, -0.15) is 0 Å². The zero-order chi connectivity index (χ0) is 16.3. The van der Waals surface area contributed by atoms with Gasteiger partial charge in [-0.1, -0.05) is 18.2 Å². The van der Waals surface area contributed by atoms with Gasteiger partial charge in [-0.15, -0.1) is 0 Å². The zero-order valence-electron chi connectivity index (χ0n) is 13.3. The molecule has 1 aliphatic rings. The maximum absolute atomic E-state index is 12.0. The summed E-state index contributed by atoms with van der Waals surface area (Å²) in [5.74, 6) is 0.0810. The second kappa shape index (κ2) is 6.66. The van der Waals surface area contributed by atoms with Crippen molar-refractivity contribution < 1.29 is 13.2 Å². The number of hydrogen-bond donors (Lipinski definition) is 0. The Morgan fingerprint density at radius 1 is 1.23 bits per heavy atom. The third-order valence-corrected chi connectivity index (χ3v) is 4.99. The smallest absolute Gasteiger partial charge is 0.232 e. The predicted octanol–water partition coefficient (Wildman–Crippen LogP) is 0.747. The lowest BCUT2D eigenvalue weighted by Crippen LogP contribution is -2.36. The van der Waals surface area contributed by atoms with Crippen molar-refractivity contribution in [3.63, 3.8) is 0 Å². The molecule has 2 rings (SSSR count). The van der Waals surface area contributed by atoms with Gasteiger partial charge < -0.3 is 4.90 Å². The van der Waals surface area contributed by atoms with E-state index in [0.717, 1.165) is 11.3 Å². The highest BCUT2D eigenvalue weighted by molar-refractivity contribution is 7.92. The molecule has 0 N–H and O–H groups in total. The number of nitrogens with zero attached hydrogens (tertiary/aromatic N) is 3. The van der Waals surface area contributed by atoms with Crippen molar-refractivity contribution in [1.82, 2.24) is 9.80 Å². The number of amides is 1. The molecule has 0 spiro atoms. The lowest BCUT2D eigenvalue weighted by Gasteiger charge is -2.22. The van der Waals surface area contributed by atoms with E-state index in [1.165, 1.54) is 10.6 Å². The molecule has 1 aromatic rings. The van der Waals surface area contributed by atoms with Gasteiger partial charge in [0.25, 0.3) is 0 Å². The number of anilines is 1. The monoisotopic (exact) mass is 325 g/mol. The van der Waals surface area contributed by atoms with Crippen molar-refractivity contribution in [2.45, 2.75) is 13.0 Å². The van der Waals surface area contributed by atoms with Crippen LogP contribution in [-0.2, 0) is 21.4 Å². The minimum Gasteiger partial charge on any atom is -0.349 e. The van der Waals surface area contributed by atoms with Gasteiger partial charge in [-0.05, 0) is 11.6 Å². The Bertz CT molecular complexity index is 643. The predicted molar refractivity (Wildman–Crippen MR) is 87.2 cm³/mol. The molecule has 22 heavy (non-hydrogen) atoms. The van der Waals surface area contributed by atoms with Gasteiger partial charge >= 0.3 is 0 Å². The molecule has 1 aromatic carbocycles. The second-order valence-electron chi connectivity index (χ2n) is 5.78. The number of hydrogen-bond acceptors (Lipinski definition) is 4. The van der Waals surface area contributed by atoms with E-state index in [4.69, 9.17) is 0 Å². The lowest BCUT2D eigenvalue weighted by molar-refractivity contribution is -0.129. The first-order valence-electron chi connectivity index (χ1n) is 7.27. The highest BCUT2D eigenvalue weighted by atomic mass is 32.2. The average molecular weight is 325 g/mol. The lowest BCUT2D eigenvalue weighted by atomic mass is 10.1. The number of rotatable bonds is 4. The molecular formula is C15H23N3O3S. The normalized spacial score (nSPS) is 16.0. The van der Waals surface area contributed by atoms with Gasteiger partial charge in [-0.25, -0.2) is 8.42 Å². The molecule has 0 atom stereocenters. The van der Waals surface area contributed by atoms with E-state index in [-0.39, 0.29) is 5.91 Å². The van der Waals surface area contributed by atoms with E-state index in [9.17, 15) is 13.2 Å². The van der Waals surface area contributed by atoms with Gasteiger partial charge in [0.1, 0.15) is 0 Å². The summed E-state index contributed by atoms with van der Waals surface area (Å²) >= 11 is 0. The van der Waals surface area contributed by atoms with Crippen molar-refractivity contribution in [2.24, 2.45) is 0 Å². The molecule has 0 bridgehead atoms. The SMILES string of the molecule is CN(C)C(=O)CCN1CCN(S(C)(=O)=O)c2ccccc2C1. The van der Waals surface area contributed by atoms with Crippen molar-refractivity contribution in [3.8, 4) is 0 Å². The van der Waals surface area contributed by atoms with Crippen LogP contribution in [0.4, 0.5) is 5.69 Å². The Morgan fingerprint density at radius 3 is 2.55 bits per heavy atom. The standard InChI is InChI=1S/C15H23N3O3S/c1-16(2)15(19)8-9-17-10-11-18(22(3,20)21)14-7-5-4-6-13(14)12-17/h4-7H,8-12H2,1-3H3. The number of benzene rings is 1. The maximum Gasteiger partial charge on any atom is 0.232 e. The van der Waals surface area contributed by atoms with Crippen molar-refractivity contribution >= 4 is 21.6 Å². The Labute approximate surface area is 132 Å². The summed E-state index contributed by atoms with van der Waals surface area (Å²) in [7, 11) is 0.184. The van der Waals surface area contributed by atoms with Crippen molar-refractivity contribution in [1.29, 1.82) is 0 Å². The van der Waals surface area contributed by atoms with Crippen LogP contribution in [0.1, 0.15) is 12.0 Å². The van der Waals surface area contributed by atoms with Crippen LogP contribution >= 0.6 is 0 Å². The third-order valence-electron chi connectivity index (χ3n) is 3.81. The van der Waals surface area contributed by atoms with E-state index in [2.05, 4.69) is 4.90 Å². The summed E-state index contributed by atoms with van der Waals surface area (Å²) < 4.78 is 25.5. The van der Waals surface area contributed by atoms with E-state index in [1.807, 2.05) is 24.3 Å². The van der Waals surface area contributed by atoms with E-state index < -0.39 is 10.0 Å². The van der Waals surface area contributed by atoms with E-state index in [1.54, 1.807) is 19.0 Å². The van der Waals surface area contributed by atoms with Crippen LogP contribution in [0.15, 0.2) is 24.3 Å². The quantitative estimate of drug-likeness (QED) is 0.819. The summed E-state index contributed by atoms with van der Waals surface area (Å²) in [4.78, 5) is 15.4. The fraction of sp³-hybridized carbons (Fsp3) is 0.533. The Kier molecular flexibility index (Phi) is 5.08. The summed E-state index contributed by atoms with van der Waals surface area (Å²) in [6.45, 7) is 2.31. The molecule has 7 heteroatoms. The van der Waals surface area contributed by atoms with Gasteiger partial charge in [0.15, 0.2) is 0 Å². The number of fused-ring (bicyclic) bond motifs is 1. The number of carbonyl (C=O) groups excluding carboxylic acids is 1. The molecule has 0 saturated heterocycles.